The molecule has 1 saturated heterocycles. The highest BCUT2D eigenvalue weighted by atomic mass is 127. The van der Waals surface area contributed by atoms with Crippen molar-refractivity contribution in [1.82, 2.24) is 0 Å². The van der Waals surface area contributed by atoms with Crippen LogP contribution in [0.5, 0.6) is 0 Å². The minimum atomic E-state index is -0.384. The van der Waals surface area contributed by atoms with Crippen LogP contribution in [-0.2, 0) is 10.3 Å². The first-order valence-electron chi connectivity index (χ1n) is 6.98. The number of ether oxygens (including phenoxy) is 1. The van der Waals surface area contributed by atoms with E-state index in [1.54, 1.807) is 0 Å². The molecular weight excluding hydrogens is 381 g/mol. The molecule has 1 aliphatic rings. The fourth-order valence-corrected chi connectivity index (χ4v) is 3.99. The summed E-state index contributed by atoms with van der Waals surface area (Å²) >= 11 is 2.32. The Hall–Kier alpha value is -1.21. The Morgan fingerprint density at radius 1 is 1.29 bits per heavy atom. The summed E-state index contributed by atoms with van der Waals surface area (Å²) in [5, 5.41) is 13.1. The van der Waals surface area contributed by atoms with Gasteiger partial charge in [0.15, 0.2) is 0 Å². The Morgan fingerprint density at radius 3 is 2.76 bits per heavy atom. The molecule has 2 aromatic rings. The van der Waals surface area contributed by atoms with Crippen molar-refractivity contribution in [3.05, 3.63) is 58.1 Å². The molecule has 0 saturated carbocycles. The third-order valence-corrected chi connectivity index (χ3v) is 5.34. The highest BCUT2D eigenvalue weighted by Gasteiger charge is 2.42. The maximum atomic E-state index is 10.7. The fourth-order valence-electron chi connectivity index (χ4n) is 2.99. The van der Waals surface area contributed by atoms with Gasteiger partial charge in [0, 0.05) is 9.35 Å². The molecule has 1 aliphatic heterocycles. The number of benzene rings is 2. The van der Waals surface area contributed by atoms with Crippen LogP contribution in [0, 0.1) is 10.1 Å². The molecule has 0 radical (unpaired) electrons. The number of hydrogen-bond donors (Lipinski definition) is 0. The Morgan fingerprint density at radius 2 is 2.05 bits per heavy atom. The zero-order chi connectivity index (χ0) is 14.9. The van der Waals surface area contributed by atoms with Crippen molar-refractivity contribution in [2.75, 3.05) is 11.0 Å². The monoisotopic (exact) mass is 397 g/mol. The summed E-state index contributed by atoms with van der Waals surface area (Å²) in [4.78, 5) is 10.4. The molecule has 0 N–H and O–H groups in total. The van der Waals surface area contributed by atoms with Crippen molar-refractivity contribution in [2.24, 2.45) is 0 Å². The molecule has 110 valence electrons. The van der Waals surface area contributed by atoms with Gasteiger partial charge in [-0.1, -0.05) is 59.0 Å². The number of nitrogens with zero attached hydrogens (tertiary/aromatic N) is 1. The highest BCUT2D eigenvalue weighted by Crippen LogP contribution is 2.41. The lowest BCUT2D eigenvalue weighted by atomic mass is 9.91. The molecule has 2 aromatic carbocycles. The van der Waals surface area contributed by atoms with Gasteiger partial charge in [0.1, 0.15) is 11.7 Å². The molecule has 2 unspecified atom stereocenters. The van der Waals surface area contributed by atoms with E-state index in [2.05, 4.69) is 52.9 Å². The summed E-state index contributed by atoms with van der Waals surface area (Å²) in [5.41, 5.74) is 0.743. The Balaban J connectivity index is 1.93. The van der Waals surface area contributed by atoms with E-state index in [1.165, 1.54) is 10.8 Å². The standard InChI is InChI=1S/C16H16INO3/c17-11-16(8-7-15(21-16)10-18(19)20)14-6-5-12-3-1-2-4-13(12)9-14/h1-6,9,15H,7-8,10-11H2. The molecule has 4 nitrogen and oxygen atoms in total. The number of rotatable bonds is 4. The molecule has 5 heteroatoms. The van der Waals surface area contributed by atoms with Gasteiger partial charge >= 0.3 is 0 Å². The van der Waals surface area contributed by atoms with Gasteiger partial charge in [0.05, 0.1) is 0 Å². The molecule has 0 bridgehead atoms. The van der Waals surface area contributed by atoms with Crippen molar-refractivity contribution in [3.63, 3.8) is 0 Å². The van der Waals surface area contributed by atoms with E-state index >= 15 is 0 Å². The zero-order valence-corrected chi connectivity index (χ0v) is 13.7. The van der Waals surface area contributed by atoms with Gasteiger partial charge in [-0.2, -0.15) is 0 Å². The van der Waals surface area contributed by atoms with Crippen molar-refractivity contribution >= 4 is 33.4 Å². The number of alkyl halides is 1. The Labute approximate surface area is 136 Å². The Bertz CT molecular complexity index is 675. The Kier molecular flexibility index (Phi) is 4.12. The average Bonchev–Trinajstić information content (AvgIpc) is 2.90. The first-order chi connectivity index (χ1) is 10.1. The first kappa shape index (κ1) is 14.7. The molecule has 2 atom stereocenters. The predicted octanol–water partition coefficient (Wildman–Crippen LogP) is 3.93. The highest BCUT2D eigenvalue weighted by molar-refractivity contribution is 14.1. The topological polar surface area (TPSA) is 52.4 Å². The van der Waals surface area contributed by atoms with Crippen LogP contribution in [0.15, 0.2) is 42.5 Å². The lowest BCUT2D eigenvalue weighted by Crippen LogP contribution is -2.30. The van der Waals surface area contributed by atoms with E-state index in [0.717, 1.165) is 22.8 Å². The second kappa shape index (κ2) is 5.88. The summed E-state index contributed by atoms with van der Waals surface area (Å²) in [7, 11) is 0. The van der Waals surface area contributed by atoms with Crippen LogP contribution in [0.2, 0.25) is 0 Å². The summed E-state index contributed by atoms with van der Waals surface area (Å²) in [6.45, 7) is -0.105. The van der Waals surface area contributed by atoms with Crippen molar-refractivity contribution < 1.29 is 9.66 Å². The zero-order valence-electron chi connectivity index (χ0n) is 11.5. The van der Waals surface area contributed by atoms with Gasteiger partial charge in [0.2, 0.25) is 6.54 Å². The molecule has 0 spiro atoms. The lowest BCUT2D eigenvalue weighted by Gasteiger charge is -2.28. The van der Waals surface area contributed by atoms with Gasteiger partial charge in [0.25, 0.3) is 0 Å². The van der Waals surface area contributed by atoms with Crippen LogP contribution in [-0.4, -0.2) is 22.0 Å². The van der Waals surface area contributed by atoms with E-state index < -0.39 is 0 Å². The second-order valence-electron chi connectivity index (χ2n) is 5.48. The molecule has 0 aliphatic carbocycles. The van der Waals surface area contributed by atoms with E-state index in [4.69, 9.17) is 4.74 Å². The van der Waals surface area contributed by atoms with Gasteiger partial charge in [-0.05, 0) is 35.2 Å². The summed E-state index contributed by atoms with van der Waals surface area (Å²) in [6, 6.07) is 14.6. The minimum Gasteiger partial charge on any atom is -0.359 e. The smallest absolute Gasteiger partial charge is 0.229 e. The second-order valence-corrected chi connectivity index (χ2v) is 6.25. The van der Waals surface area contributed by atoms with Crippen LogP contribution >= 0.6 is 22.6 Å². The van der Waals surface area contributed by atoms with Crippen LogP contribution in [0.25, 0.3) is 10.8 Å². The van der Waals surface area contributed by atoms with Gasteiger partial charge in [-0.3, -0.25) is 10.1 Å². The molecule has 0 amide bonds. The van der Waals surface area contributed by atoms with Crippen molar-refractivity contribution in [3.8, 4) is 0 Å². The predicted molar refractivity (Wildman–Crippen MR) is 90.5 cm³/mol. The van der Waals surface area contributed by atoms with Crippen molar-refractivity contribution in [1.29, 1.82) is 0 Å². The molecule has 21 heavy (non-hydrogen) atoms. The molecular formula is C16H16INO3. The third kappa shape index (κ3) is 2.89. The SMILES string of the molecule is O=[N+]([O-])CC1CCC(CI)(c2ccc3ccccc3c2)O1. The van der Waals surface area contributed by atoms with E-state index in [0.29, 0.717) is 0 Å². The maximum absolute atomic E-state index is 10.7. The van der Waals surface area contributed by atoms with E-state index in [-0.39, 0.29) is 23.2 Å². The normalized spacial score (nSPS) is 25.3. The number of halogens is 1. The van der Waals surface area contributed by atoms with Crippen LogP contribution in [0.3, 0.4) is 0 Å². The van der Waals surface area contributed by atoms with Crippen LogP contribution < -0.4 is 0 Å². The van der Waals surface area contributed by atoms with Gasteiger partial charge in [-0.15, -0.1) is 0 Å². The van der Waals surface area contributed by atoms with Gasteiger partial charge < -0.3 is 4.74 Å². The van der Waals surface area contributed by atoms with Crippen LogP contribution in [0.4, 0.5) is 0 Å². The lowest BCUT2D eigenvalue weighted by molar-refractivity contribution is -0.491. The summed E-state index contributed by atoms with van der Waals surface area (Å²) in [6.07, 6.45) is 1.31. The molecule has 3 rings (SSSR count). The summed E-state index contributed by atoms with van der Waals surface area (Å²) < 4.78 is 6.90. The van der Waals surface area contributed by atoms with Gasteiger partial charge in [-0.25, -0.2) is 0 Å². The fraction of sp³-hybridized carbons (Fsp3) is 0.375. The van der Waals surface area contributed by atoms with E-state index in [1.807, 2.05) is 12.1 Å². The number of nitro groups is 1. The summed E-state index contributed by atoms with van der Waals surface area (Å²) in [5.74, 6) is 0. The first-order valence-corrected chi connectivity index (χ1v) is 8.50. The van der Waals surface area contributed by atoms with E-state index in [9.17, 15) is 10.1 Å². The molecule has 0 aromatic heterocycles. The number of hydrogen-bond acceptors (Lipinski definition) is 3. The quantitative estimate of drug-likeness (QED) is 0.340. The average molecular weight is 397 g/mol. The largest absolute Gasteiger partial charge is 0.359 e. The van der Waals surface area contributed by atoms with Crippen LogP contribution in [0.1, 0.15) is 18.4 Å². The minimum absolute atomic E-state index is 0.105. The number of fused-ring (bicyclic) bond motifs is 1. The van der Waals surface area contributed by atoms with Crippen molar-refractivity contribution in [2.45, 2.75) is 24.5 Å². The molecule has 1 fully saturated rings. The third-order valence-electron chi connectivity index (χ3n) is 4.11. The molecule has 1 heterocycles. The maximum Gasteiger partial charge on any atom is 0.229 e.